The summed E-state index contributed by atoms with van der Waals surface area (Å²) in [6.07, 6.45) is 1.68. The number of amides is 1. The van der Waals surface area contributed by atoms with E-state index in [1.165, 1.54) is 6.07 Å². The molecule has 0 bridgehead atoms. The van der Waals surface area contributed by atoms with Crippen LogP contribution in [0.3, 0.4) is 0 Å². The van der Waals surface area contributed by atoms with Gasteiger partial charge in [-0.05, 0) is 40.2 Å². The van der Waals surface area contributed by atoms with E-state index in [1.807, 2.05) is 24.3 Å². The fourth-order valence-corrected chi connectivity index (χ4v) is 3.32. The molecule has 0 spiro atoms. The van der Waals surface area contributed by atoms with Crippen LogP contribution in [0.1, 0.15) is 16.1 Å². The van der Waals surface area contributed by atoms with Gasteiger partial charge in [0.05, 0.1) is 23.8 Å². The normalized spacial score (nSPS) is 10.8. The molecule has 0 aliphatic rings. The topological polar surface area (TPSA) is 84.8 Å². The zero-order chi connectivity index (χ0) is 21.1. The van der Waals surface area contributed by atoms with Gasteiger partial charge in [0.25, 0.3) is 5.91 Å². The van der Waals surface area contributed by atoms with Crippen LogP contribution in [0.2, 0.25) is 0 Å². The van der Waals surface area contributed by atoms with E-state index >= 15 is 0 Å². The van der Waals surface area contributed by atoms with Crippen molar-refractivity contribution in [1.29, 1.82) is 0 Å². The van der Waals surface area contributed by atoms with Gasteiger partial charge >= 0.3 is 0 Å². The molecule has 4 aromatic rings. The summed E-state index contributed by atoms with van der Waals surface area (Å²) in [6.45, 7) is 0.241. The summed E-state index contributed by atoms with van der Waals surface area (Å²) in [7, 11) is 1.59. The van der Waals surface area contributed by atoms with Gasteiger partial charge in [0, 0.05) is 17.3 Å². The minimum Gasteiger partial charge on any atom is -0.497 e. The Morgan fingerprint density at radius 1 is 1.23 bits per heavy atom. The highest BCUT2D eigenvalue weighted by Gasteiger charge is 2.16. The highest BCUT2D eigenvalue weighted by Crippen LogP contribution is 2.24. The van der Waals surface area contributed by atoms with Gasteiger partial charge in [-0.2, -0.15) is 10.2 Å². The second-order valence-corrected chi connectivity index (χ2v) is 7.32. The van der Waals surface area contributed by atoms with Crippen LogP contribution in [0.4, 0.5) is 10.2 Å². The van der Waals surface area contributed by atoms with E-state index < -0.39 is 5.91 Å². The van der Waals surface area contributed by atoms with Crippen LogP contribution in [-0.2, 0) is 6.54 Å². The summed E-state index contributed by atoms with van der Waals surface area (Å²) >= 11 is 3.38. The first kappa shape index (κ1) is 19.8. The molecule has 7 nitrogen and oxygen atoms in total. The third-order valence-corrected chi connectivity index (χ3v) is 5.01. The minimum atomic E-state index is -0.395. The van der Waals surface area contributed by atoms with Crippen molar-refractivity contribution in [2.45, 2.75) is 6.54 Å². The number of nitrogens with zero attached hydrogens (tertiary/aromatic N) is 3. The van der Waals surface area contributed by atoms with Gasteiger partial charge in [-0.15, -0.1) is 0 Å². The zero-order valence-electron chi connectivity index (χ0n) is 15.9. The Hall–Kier alpha value is -3.46. The van der Waals surface area contributed by atoms with Gasteiger partial charge in [-0.1, -0.05) is 30.3 Å². The maximum Gasteiger partial charge on any atom is 0.274 e. The van der Waals surface area contributed by atoms with Gasteiger partial charge in [0.15, 0.2) is 5.82 Å². The van der Waals surface area contributed by atoms with Crippen molar-refractivity contribution in [3.8, 4) is 17.0 Å². The van der Waals surface area contributed by atoms with Crippen molar-refractivity contribution in [1.82, 2.24) is 20.0 Å². The van der Waals surface area contributed by atoms with Crippen molar-refractivity contribution >= 4 is 27.7 Å². The number of methoxy groups -OCH3 is 1. The molecule has 30 heavy (non-hydrogen) atoms. The summed E-state index contributed by atoms with van der Waals surface area (Å²) in [4.78, 5) is 12.6. The molecular weight excluding hydrogens is 453 g/mol. The lowest BCUT2D eigenvalue weighted by Gasteiger charge is -2.03. The van der Waals surface area contributed by atoms with E-state index in [4.69, 9.17) is 4.74 Å². The first-order valence-corrected chi connectivity index (χ1v) is 9.80. The fraction of sp³-hybridized carbons (Fsp3) is 0.0952. The van der Waals surface area contributed by atoms with Crippen LogP contribution in [0.25, 0.3) is 11.3 Å². The number of carbonyl (C=O) groups is 1. The summed E-state index contributed by atoms with van der Waals surface area (Å²) in [5.74, 6) is 0.324. The van der Waals surface area contributed by atoms with Gasteiger partial charge in [-0.3, -0.25) is 14.6 Å². The lowest BCUT2D eigenvalue weighted by molar-refractivity contribution is 0.102. The highest BCUT2D eigenvalue weighted by molar-refractivity contribution is 9.10. The second kappa shape index (κ2) is 8.50. The first-order valence-electron chi connectivity index (χ1n) is 9.01. The van der Waals surface area contributed by atoms with E-state index in [1.54, 1.807) is 42.3 Å². The number of halogens is 2. The monoisotopic (exact) mass is 469 g/mol. The standard InChI is InChI=1S/C21H17BrFN5O2/c1-30-15-7-4-6-13(9-15)18-10-19(26-25-18)21(29)24-20-16(22)12-28(27-20)11-14-5-2-3-8-17(14)23/h2-10,12H,11H2,1H3,(H,25,26)(H,24,27,29). The number of rotatable bonds is 6. The maximum absolute atomic E-state index is 13.9. The predicted molar refractivity (Wildman–Crippen MR) is 114 cm³/mol. The third-order valence-electron chi connectivity index (χ3n) is 4.43. The number of ether oxygens (including phenoxy) is 1. The molecule has 0 unspecified atom stereocenters. The van der Waals surface area contributed by atoms with E-state index in [9.17, 15) is 9.18 Å². The molecule has 0 aliphatic heterocycles. The van der Waals surface area contributed by atoms with Crippen molar-refractivity contribution in [3.05, 3.63) is 82.3 Å². The number of nitrogens with one attached hydrogen (secondary N) is 2. The number of anilines is 1. The van der Waals surface area contributed by atoms with Crippen LogP contribution in [0, 0.1) is 5.82 Å². The molecule has 2 heterocycles. The molecule has 0 atom stereocenters. The molecule has 2 N–H and O–H groups in total. The molecule has 2 aromatic heterocycles. The van der Waals surface area contributed by atoms with Crippen LogP contribution in [-0.4, -0.2) is 33.0 Å². The molecule has 152 valence electrons. The van der Waals surface area contributed by atoms with E-state index in [2.05, 4.69) is 36.5 Å². The van der Waals surface area contributed by atoms with Crippen LogP contribution >= 0.6 is 15.9 Å². The average Bonchev–Trinajstić information content (AvgIpc) is 3.37. The fourth-order valence-electron chi connectivity index (χ4n) is 2.91. The van der Waals surface area contributed by atoms with Crippen LogP contribution in [0.5, 0.6) is 5.75 Å². The Morgan fingerprint density at radius 2 is 2.07 bits per heavy atom. The third kappa shape index (κ3) is 4.25. The quantitative estimate of drug-likeness (QED) is 0.435. The number of H-pyrrole nitrogens is 1. The lowest BCUT2D eigenvalue weighted by atomic mass is 10.1. The Kier molecular flexibility index (Phi) is 5.62. The van der Waals surface area contributed by atoms with Gasteiger partial charge in [0.2, 0.25) is 0 Å². The summed E-state index contributed by atoms with van der Waals surface area (Å²) in [6, 6.07) is 15.5. The molecule has 4 rings (SSSR count). The minimum absolute atomic E-state index is 0.241. The number of aromatic nitrogens is 4. The first-order chi connectivity index (χ1) is 14.5. The molecule has 2 aromatic carbocycles. The van der Waals surface area contributed by atoms with E-state index in [0.717, 1.165) is 5.56 Å². The second-order valence-electron chi connectivity index (χ2n) is 6.47. The van der Waals surface area contributed by atoms with Crippen molar-refractivity contribution in [2.24, 2.45) is 0 Å². The predicted octanol–water partition coefficient (Wildman–Crippen LogP) is 4.48. The molecule has 0 aliphatic carbocycles. The molecule has 0 saturated heterocycles. The molecular formula is C21H17BrFN5O2. The number of hydrogen-bond acceptors (Lipinski definition) is 4. The SMILES string of the molecule is COc1cccc(-c2cc(C(=O)Nc3nn(Cc4ccccc4F)cc3Br)[nH]n2)c1. The summed E-state index contributed by atoms with van der Waals surface area (Å²) in [5, 5.41) is 14.0. The number of carbonyl (C=O) groups excluding carboxylic acids is 1. The van der Waals surface area contributed by atoms with E-state index in [0.29, 0.717) is 27.3 Å². The zero-order valence-corrected chi connectivity index (χ0v) is 17.5. The number of hydrogen-bond donors (Lipinski definition) is 2. The van der Waals surface area contributed by atoms with Crippen LogP contribution in [0.15, 0.2) is 65.3 Å². The van der Waals surface area contributed by atoms with Gasteiger partial charge < -0.3 is 10.1 Å². The average molecular weight is 470 g/mol. The smallest absolute Gasteiger partial charge is 0.274 e. The highest BCUT2D eigenvalue weighted by atomic mass is 79.9. The number of benzene rings is 2. The number of aromatic amines is 1. The summed E-state index contributed by atoms with van der Waals surface area (Å²) in [5.41, 5.74) is 2.22. The van der Waals surface area contributed by atoms with Crippen molar-refractivity contribution in [3.63, 3.8) is 0 Å². The Morgan fingerprint density at radius 3 is 2.87 bits per heavy atom. The van der Waals surface area contributed by atoms with Crippen LogP contribution < -0.4 is 10.1 Å². The molecule has 1 amide bonds. The lowest BCUT2D eigenvalue weighted by Crippen LogP contribution is -2.13. The molecule has 0 radical (unpaired) electrons. The van der Waals surface area contributed by atoms with E-state index in [-0.39, 0.29) is 18.1 Å². The molecule has 0 saturated carbocycles. The van der Waals surface area contributed by atoms with Gasteiger partial charge in [0.1, 0.15) is 17.3 Å². The Bertz CT molecular complexity index is 1200. The maximum atomic E-state index is 13.9. The summed E-state index contributed by atoms with van der Waals surface area (Å²) < 4.78 is 21.2. The van der Waals surface area contributed by atoms with Crippen molar-refractivity contribution < 1.29 is 13.9 Å². The van der Waals surface area contributed by atoms with Gasteiger partial charge in [-0.25, -0.2) is 4.39 Å². The Balaban J connectivity index is 1.49. The molecule has 9 heteroatoms. The van der Waals surface area contributed by atoms with Crippen molar-refractivity contribution in [2.75, 3.05) is 12.4 Å². The molecule has 0 fully saturated rings. The Labute approximate surface area is 180 Å². The largest absolute Gasteiger partial charge is 0.497 e.